The van der Waals surface area contributed by atoms with Crippen LogP contribution in [-0.4, -0.2) is 26.3 Å². The molecule has 0 saturated heterocycles. The van der Waals surface area contributed by atoms with E-state index < -0.39 is 12.0 Å². The number of hydrogen-bond acceptors (Lipinski definition) is 5. The molecule has 2 aromatic rings. The number of rotatable bonds is 5. The van der Waals surface area contributed by atoms with Crippen molar-refractivity contribution < 1.29 is 13.2 Å². The molecule has 0 aliphatic rings. The molecule has 0 fully saturated rings. The molecule has 0 saturated carbocycles. The van der Waals surface area contributed by atoms with Gasteiger partial charge in [0.05, 0.1) is 11.1 Å². The van der Waals surface area contributed by atoms with Crippen LogP contribution in [0.3, 0.4) is 0 Å². The third kappa shape index (κ3) is 4.35. The number of aryl methyl sites for hydroxylation is 1. The van der Waals surface area contributed by atoms with Gasteiger partial charge in [0.15, 0.2) is 0 Å². The summed E-state index contributed by atoms with van der Waals surface area (Å²) < 4.78 is 40.1. The lowest BCUT2D eigenvalue weighted by Crippen LogP contribution is -2.14. The van der Waals surface area contributed by atoms with Crippen LogP contribution in [0.15, 0.2) is 28.4 Å². The van der Waals surface area contributed by atoms with Crippen LogP contribution in [0.5, 0.6) is 0 Å². The third-order valence-corrected chi connectivity index (χ3v) is 3.28. The Morgan fingerprint density at radius 1 is 1.33 bits per heavy atom. The predicted molar refractivity (Wildman–Crippen MR) is 73.1 cm³/mol. The molecule has 0 radical (unpaired) electrons. The summed E-state index contributed by atoms with van der Waals surface area (Å²) in [5.74, 6) is -0.972. The van der Waals surface area contributed by atoms with Gasteiger partial charge in [-0.1, -0.05) is 18.7 Å². The Hall–Kier alpha value is -1.77. The van der Waals surface area contributed by atoms with Crippen molar-refractivity contribution in [2.45, 2.75) is 29.4 Å². The molecule has 0 unspecified atom stereocenters. The number of aromatic nitrogens is 4. The molecule has 0 amide bonds. The van der Waals surface area contributed by atoms with Gasteiger partial charge in [-0.3, -0.25) is 4.68 Å². The first kappa shape index (κ1) is 15.6. The Kier molecular flexibility index (Phi) is 4.71. The molecule has 9 heteroatoms. The first-order valence-corrected chi connectivity index (χ1v) is 7.07. The maximum atomic E-state index is 12.8. The number of nitrogens with one attached hydrogen (secondary N) is 1. The summed E-state index contributed by atoms with van der Waals surface area (Å²) in [4.78, 5) is 7.79. The maximum absolute atomic E-state index is 12.8. The second-order valence-electron chi connectivity index (χ2n) is 4.29. The van der Waals surface area contributed by atoms with Crippen molar-refractivity contribution >= 4 is 17.6 Å². The van der Waals surface area contributed by atoms with Gasteiger partial charge in [-0.05, 0) is 6.42 Å². The average Bonchev–Trinajstić information content (AvgIpc) is 2.80. The first-order chi connectivity index (χ1) is 9.88. The highest BCUT2D eigenvalue weighted by Gasteiger charge is 2.35. The van der Waals surface area contributed by atoms with Gasteiger partial charge in [-0.15, -0.1) is 0 Å². The highest BCUT2D eigenvalue weighted by Crippen LogP contribution is 2.32. The smallest absolute Gasteiger partial charge is 0.370 e. The standard InChI is InChI=1S/C12H14F3N5S/c1-3-4-16-9-5-10(19-11(18-9)12(13,14)15)21-8-6-17-20(2)7-8/h5-7H,3-4H2,1-2H3,(H,16,18,19). The Morgan fingerprint density at radius 2 is 2.10 bits per heavy atom. The second kappa shape index (κ2) is 6.33. The topological polar surface area (TPSA) is 55.6 Å². The molecular weight excluding hydrogens is 303 g/mol. The van der Waals surface area contributed by atoms with Crippen LogP contribution in [0.1, 0.15) is 19.2 Å². The molecule has 114 valence electrons. The van der Waals surface area contributed by atoms with E-state index in [4.69, 9.17) is 0 Å². The van der Waals surface area contributed by atoms with Crippen molar-refractivity contribution in [2.24, 2.45) is 7.05 Å². The van der Waals surface area contributed by atoms with E-state index in [0.29, 0.717) is 11.4 Å². The van der Waals surface area contributed by atoms with E-state index in [1.807, 2.05) is 6.92 Å². The zero-order chi connectivity index (χ0) is 15.5. The first-order valence-electron chi connectivity index (χ1n) is 6.25. The van der Waals surface area contributed by atoms with Crippen LogP contribution in [0.2, 0.25) is 0 Å². The third-order valence-electron chi connectivity index (χ3n) is 2.42. The SMILES string of the molecule is CCCNc1cc(Sc2cnn(C)c2)nc(C(F)(F)F)n1. The van der Waals surface area contributed by atoms with Crippen molar-refractivity contribution in [3.8, 4) is 0 Å². The normalized spacial score (nSPS) is 11.7. The largest absolute Gasteiger partial charge is 0.451 e. The lowest BCUT2D eigenvalue weighted by atomic mass is 10.4. The Balaban J connectivity index is 2.30. The van der Waals surface area contributed by atoms with E-state index in [2.05, 4.69) is 20.4 Å². The molecule has 0 aromatic carbocycles. The molecule has 1 N–H and O–H groups in total. The van der Waals surface area contributed by atoms with Crippen molar-refractivity contribution in [3.05, 3.63) is 24.3 Å². The summed E-state index contributed by atoms with van der Waals surface area (Å²) in [6.45, 7) is 2.47. The van der Waals surface area contributed by atoms with Gasteiger partial charge in [0.1, 0.15) is 10.8 Å². The summed E-state index contributed by atoms with van der Waals surface area (Å²) >= 11 is 1.11. The van der Waals surface area contributed by atoms with Gasteiger partial charge in [0.2, 0.25) is 5.82 Å². The number of alkyl halides is 3. The zero-order valence-electron chi connectivity index (χ0n) is 11.5. The molecule has 2 heterocycles. The molecule has 0 aliphatic heterocycles. The van der Waals surface area contributed by atoms with E-state index in [1.54, 1.807) is 24.1 Å². The minimum absolute atomic E-state index is 0.172. The summed E-state index contributed by atoms with van der Waals surface area (Å²) in [5.41, 5.74) is 0. The Bertz CT molecular complexity index is 611. The fraction of sp³-hybridized carbons (Fsp3) is 0.417. The fourth-order valence-corrected chi connectivity index (χ4v) is 2.37. The molecule has 2 aromatic heterocycles. The summed E-state index contributed by atoms with van der Waals surface area (Å²) in [6, 6.07) is 1.50. The van der Waals surface area contributed by atoms with Gasteiger partial charge in [0.25, 0.3) is 0 Å². The van der Waals surface area contributed by atoms with Gasteiger partial charge < -0.3 is 5.32 Å². The molecular formula is C12H14F3N5S. The highest BCUT2D eigenvalue weighted by atomic mass is 32.2. The molecule has 0 atom stereocenters. The minimum atomic E-state index is -4.58. The lowest BCUT2D eigenvalue weighted by molar-refractivity contribution is -0.145. The van der Waals surface area contributed by atoms with Crippen LogP contribution >= 0.6 is 11.8 Å². The van der Waals surface area contributed by atoms with Crippen LogP contribution in [0.25, 0.3) is 0 Å². The van der Waals surface area contributed by atoms with Gasteiger partial charge in [-0.2, -0.15) is 18.3 Å². The van der Waals surface area contributed by atoms with Gasteiger partial charge in [-0.25, -0.2) is 9.97 Å². The van der Waals surface area contributed by atoms with Crippen molar-refractivity contribution in [3.63, 3.8) is 0 Å². The van der Waals surface area contributed by atoms with E-state index in [9.17, 15) is 13.2 Å². The number of halogens is 3. The van der Waals surface area contributed by atoms with Crippen molar-refractivity contribution in [1.82, 2.24) is 19.7 Å². The predicted octanol–water partition coefficient (Wildman–Crippen LogP) is 3.20. The molecule has 21 heavy (non-hydrogen) atoms. The second-order valence-corrected chi connectivity index (χ2v) is 5.39. The number of nitrogens with zero attached hydrogens (tertiary/aromatic N) is 4. The maximum Gasteiger partial charge on any atom is 0.451 e. The van der Waals surface area contributed by atoms with Crippen LogP contribution < -0.4 is 5.32 Å². The molecule has 2 rings (SSSR count). The van der Waals surface area contributed by atoms with E-state index in [-0.39, 0.29) is 10.8 Å². The summed E-state index contributed by atoms with van der Waals surface area (Å²) in [5, 5.41) is 7.05. The number of hydrogen-bond donors (Lipinski definition) is 1. The van der Waals surface area contributed by atoms with Crippen LogP contribution in [-0.2, 0) is 13.2 Å². The van der Waals surface area contributed by atoms with E-state index in [1.165, 1.54) is 6.07 Å². The van der Waals surface area contributed by atoms with E-state index in [0.717, 1.165) is 18.2 Å². The highest BCUT2D eigenvalue weighted by molar-refractivity contribution is 7.99. The van der Waals surface area contributed by atoms with Gasteiger partial charge in [0, 0.05) is 25.9 Å². The minimum Gasteiger partial charge on any atom is -0.370 e. The molecule has 0 bridgehead atoms. The average molecular weight is 317 g/mol. The monoisotopic (exact) mass is 317 g/mol. The molecule has 0 spiro atoms. The van der Waals surface area contributed by atoms with Crippen molar-refractivity contribution in [1.29, 1.82) is 0 Å². The Morgan fingerprint density at radius 3 is 2.67 bits per heavy atom. The zero-order valence-corrected chi connectivity index (χ0v) is 12.3. The van der Waals surface area contributed by atoms with E-state index >= 15 is 0 Å². The summed E-state index contributed by atoms with van der Waals surface area (Å²) in [6.07, 6.45) is -0.511. The van der Waals surface area contributed by atoms with Crippen LogP contribution in [0, 0.1) is 0 Å². The Labute approximate surface area is 124 Å². The quantitative estimate of drug-likeness (QED) is 0.858. The fourth-order valence-electron chi connectivity index (χ4n) is 1.52. The van der Waals surface area contributed by atoms with Crippen LogP contribution in [0.4, 0.5) is 19.0 Å². The molecule has 5 nitrogen and oxygen atoms in total. The van der Waals surface area contributed by atoms with Crippen molar-refractivity contribution in [2.75, 3.05) is 11.9 Å². The van der Waals surface area contributed by atoms with Gasteiger partial charge >= 0.3 is 6.18 Å². The molecule has 0 aliphatic carbocycles. The lowest BCUT2D eigenvalue weighted by Gasteiger charge is -2.10. The summed E-state index contributed by atoms with van der Waals surface area (Å²) in [7, 11) is 1.74. The number of anilines is 1.